The summed E-state index contributed by atoms with van der Waals surface area (Å²) < 4.78 is 0. The predicted octanol–water partition coefficient (Wildman–Crippen LogP) is 2.11. The number of rotatable bonds is 2. The SMILES string of the molecule is CC(C)(C)c1nc(-c2cn[nH]c2N)sc1C(=O)O. The number of thiazole rings is 1. The Morgan fingerprint density at radius 3 is 2.56 bits per heavy atom. The van der Waals surface area contributed by atoms with Crippen molar-refractivity contribution in [2.75, 3.05) is 5.73 Å². The highest BCUT2D eigenvalue weighted by Crippen LogP contribution is 2.35. The van der Waals surface area contributed by atoms with E-state index in [4.69, 9.17) is 5.73 Å². The zero-order chi connectivity index (χ0) is 13.5. The average molecular weight is 266 g/mol. The summed E-state index contributed by atoms with van der Waals surface area (Å²) in [5, 5.41) is 16.2. The Balaban J connectivity index is 2.60. The molecule has 2 heterocycles. The summed E-state index contributed by atoms with van der Waals surface area (Å²) in [4.78, 5) is 15.9. The largest absolute Gasteiger partial charge is 0.477 e. The molecule has 0 amide bonds. The van der Waals surface area contributed by atoms with Crippen LogP contribution < -0.4 is 5.73 Å². The molecule has 2 aromatic rings. The van der Waals surface area contributed by atoms with E-state index >= 15 is 0 Å². The number of anilines is 1. The highest BCUT2D eigenvalue weighted by atomic mass is 32.1. The molecule has 4 N–H and O–H groups in total. The number of aromatic carboxylic acids is 1. The van der Waals surface area contributed by atoms with Gasteiger partial charge < -0.3 is 10.8 Å². The molecule has 2 rings (SSSR count). The van der Waals surface area contributed by atoms with Gasteiger partial charge >= 0.3 is 5.97 Å². The van der Waals surface area contributed by atoms with Crippen LogP contribution in [0.5, 0.6) is 0 Å². The van der Waals surface area contributed by atoms with E-state index in [1.54, 1.807) is 6.20 Å². The van der Waals surface area contributed by atoms with Gasteiger partial charge in [0.1, 0.15) is 15.7 Å². The van der Waals surface area contributed by atoms with E-state index in [2.05, 4.69) is 15.2 Å². The van der Waals surface area contributed by atoms with Crippen LogP contribution in [0.4, 0.5) is 5.82 Å². The first kappa shape index (κ1) is 12.6. The second-order valence-electron chi connectivity index (χ2n) is 4.95. The second-order valence-corrected chi connectivity index (χ2v) is 5.95. The highest BCUT2D eigenvalue weighted by molar-refractivity contribution is 7.17. The molecule has 0 saturated carbocycles. The Hall–Kier alpha value is -1.89. The van der Waals surface area contributed by atoms with E-state index in [1.165, 1.54) is 0 Å². The number of nitrogens with two attached hydrogens (primary N) is 1. The van der Waals surface area contributed by atoms with Crippen LogP contribution in [-0.4, -0.2) is 26.3 Å². The topological polar surface area (TPSA) is 105 Å². The minimum atomic E-state index is -0.967. The Kier molecular flexibility index (Phi) is 2.86. The highest BCUT2D eigenvalue weighted by Gasteiger charge is 2.27. The molecule has 0 fully saturated rings. The van der Waals surface area contributed by atoms with Crippen LogP contribution >= 0.6 is 11.3 Å². The van der Waals surface area contributed by atoms with Crippen molar-refractivity contribution in [3.63, 3.8) is 0 Å². The number of H-pyrrole nitrogens is 1. The minimum absolute atomic E-state index is 0.248. The fourth-order valence-corrected chi connectivity index (χ4v) is 2.69. The van der Waals surface area contributed by atoms with Gasteiger partial charge in [0.05, 0.1) is 17.5 Å². The van der Waals surface area contributed by atoms with Crippen LogP contribution in [0.25, 0.3) is 10.6 Å². The van der Waals surface area contributed by atoms with E-state index in [0.717, 1.165) is 11.3 Å². The number of nitrogens with zero attached hydrogens (tertiary/aromatic N) is 2. The molecule has 0 spiro atoms. The number of carboxylic acid groups (broad SMARTS) is 1. The maximum atomic E-state index is 11.3. The van der Waals surface area contributed by atoms with Crippen molar-refractivity contribution in [1.29, 1.82) is 0 Å². The molecule has 2 aromatic heterocycles. The van der Waals surface area contributed by atoms with E-state index in [0.29, 0.717) is 22.1 Å². The molecule has 0 radical (unpaired) electrons. The van der Waals surface area contributed by atoms with Gasteiger partial charge in [-0.05, 0) is 0 Å². The second kappa shape index (κ2) is 4.09. The Labute approximate surface area is 108 Å². The van der Waals surface area contributed by atoms with Crippen molar-refractivity contribution < 1.29 is 9.90 Å². The lowest BCUT2D eigenvalue weighted by molar-refractivity contribution is 0.0699. The molecule has 0 saturated heterocycles. The number of carboxylic acids is 1. The third-order valence-corrected chi connectivity index (χ3v) is 3.51. The molecule has 0 atom stereocenters. The molecular formula is C11H14N4O2S. The molecular weight excluding hydrogens is 252 g/mol. The molecule has 0 unspecified atom stereocenters. The Morgan fingerprint density at radius 1 is 1.50 bits per heavy atom. The van der Waals surface area contributed by atoms with Gasteiger partial charge in [-0.15, -0.1) is 11.3 Å². The molecule has 0 aliphatic heterocycles. The number of aromatic amines is 1. The molecule has 0 aliphatic carbocycles. The third-order valence-electron chi connectivity index (χ3n) is 2.43. The van der Waals surface area contributed by atoms with Crippen LogP contribution in [0.1, 0.15) is 36.1 Å². The first-order chi connectivity index (χ1) is 8.30. The number of nitrogen functional groups attached to an aromatic ring is 1. The summed E-state index contributed by atoms with van der Waals surface area (Å²) in [7, 11) is 0. The summed E-state index contributed by atoms with van der Waals surface area (Å²) >= 11 is 1.12. The van der Waals surface area contributed by atoms with Crippen molar-refractivity contribution in [2.45, 2.75) is 26.2 Å². The van der Waals surface area contributed by atoms with E-state index in [9.17, 15) is 9.90 Å². The van der Waals surface area contributed by atoms with Crippen LogP contribution in [-0.2, 0) is 5.41 Å². The number of hydrogen-bond acceptors (Lipinski definition) is 5. The van der Waals surface area contributed by atoms with Gasteiger partial charge in [-0.1, -0.05) is 20.8 Å². The zero-order valence-electron chi connectivity index (χ0n) is 10.3. The lowest BCUT2D eigenvalue weighted by Crippen LogP contribution is -2.16. The van der Waals surface area contributed by atoms with Gasteiger partial charge in [-0.2, -0.15) is 5.10 Å². The summed E-state index contributed by atoms with van der Waals surface area (Å²) in [6.07, 6.45) is 1.55. The Bertz CT molecular complexity index is 594. The number of hydrogen-bond donors (Lipinski definition) is 3. The lowest BCUT2D eigenvalue weighted by Gasteiger charge is -2.15. The summed E-state index contributed by atoms with van der Waals surface area (Å²) in [5.41, 5.74) is 6.59. The summed E-state index contributed by atoms with van der Waals surface area (Å²) in [5.74, 6) is -0.577. The van der Waals surface area contributed by atoms with Gasteiger partial charge in [-0.25, -0.2) is 9.78 Å². The molecule has 18 heavy (non-hydrogen) atoms. The van der Waals surface area contributed by atoms with Crippen molar-refractivity contribution in [1.82, 2.24) is 15.2 Å². The van der Waals surface area contributed by atoms with Crippen LogP contribution in [0.15, 0.2) is 6.20 Å². The van der Waals surface area contributed by atoms with Crippen molar-refractivity contribution >= 4 is 23.1 Å². The van der Waals surface area contributed by atoms with Crippen LogP contribution in [0.3, 0.4) is 0 Å². The van der Waals surface area contributed by atoms with Gasteiger partial charge in [-0.3, -0.25) is 5.10 Å². The number of aromatic nitrogens is 3. The number of nitrogens with one attached hydrogen (secondary N) is 1. The molecule has 6 nitrogen and oxygen atoms in total. The fourth-order valence-electron chi connectivity index (χ4n) is 1.56. The van der Waals surface area contributed by atoms with Crippen LogP contribution in [0, 0.1) is 0 Å². The summed E-state index contributed by atoms with van der Waals surface area (Å²) in [6, 6.07) is 0. The molecule has 0 aliphatic rings. The molecule has 0 bridgehead atoms. The van der Waals surface area contributed by atoms with Gasteiger partial charge in [0, 0.05) is 5.41 Å². The summed E-state index contributed by atoms with van der Waals surface area (Å²) in [6.45, 7) is 5.78. The van der Waals surface area contributed by atoms with Gasteiger partial charge in [0.2, 0.25) is 0 Å². The van der Waals surface area contributed by atoms with Crippen molar-refractivity contribution in [2.24, 2.45) is 0 Å². The average Bonchev–Trinajstić information content (AvgIpc) is 2.81. The molecule has 96 valence electrons. The molecule has 7 heteroatoms. The van der Waals surface area contributed by atoms with E-state index in [-0.39, 0.29) is 10.3 Å². The maximum Gasteiger partial charge on any atom is 0.347 e. The normalized spacial score (nSPS) is 11.7. The maximum absolute atomic E-state index is 11.3. The number of carbonyl (C=O) groups is 1. The molecule has 0 aromatic carbocycles. The van der Waals surface area contributed by atoms with E-state index in [1.807, 2.05) is 20.8 Å². The minimum Gasteiger partial charge on any atom is -0.477 e. The quantitative estimate of drug-likeness (QED) is 0.772. The monoisotopic (exact) mass is 266 g/mol. The van der Waals surface area contributed by atoms with Crippen molar-refractivity contribution in [3.05, 3.63) is 16.8 Å². The predicted molar refractivity (Wildman–Crippen MR) is 69.8 cm³/mol. The van der Waals surface area contributed by atoms with Crippen LogP contribution in [0.2, 0.25) is 0 Å². The fraction of sp³-hybridized carbons (Fsp3) is 0.364. The first-order valence-corrected chi connectivity index (χ1v) is 6.16. The van der Waals surface area contributed by atoms with Gasteiger partial charge in [0.15, 0.2) is 0 Å². The zero-order valence-corrected chi connectivity index (χ0v) is 11.1. The third kappa shape index (κ3) is 2.08. The van der Waals surface area contributed by atoms with E-state index < -0.39 is 5.97 Å². The van der Waals surface area contributed by atoms with Crippen molar-refractivity contribution in [3.8, 4) is 10.6 Å². The lowest BCUT2D eigenvalue weighted by atomic mass is 9.91. The smallest absolute Gasteiger partial charge is 0.347 e. The first-order valence-electron chi connectivity index (χ1n) is 5.34. The Morgan fingerprint density at radius 2 is 2.17 bits per heavy atom. The standard InChI is InChI=1S/C11H14N4O2S/c1-11(2,3)7-6(10(16)17)18-9(14-7)5-4-13-15-8(5)12/h4H,1-3H3,(H,16,17)(H3,12,13,15). The van der Waals surface area contributed by atoms with Gasteiger partial charge in [0.25, 0.3) is 0 Å².